The van der Waals surface area contributed by atoms with Crippen LogP contribution in [-0.4, -0.2) is 19.4 Å². The van der Waals surface area contributed by atoms with Gasteiger partial charge in [-0.15, -0.1) is 0 Å². The van der Waals surface area contributed by atoms with Crippen molar-refractivity contribution in [1.29, 1.82) is 0 Å². The third kappa shape index (κ3) is 12.2. The zero-order valence-corrected chi connectivity index (χ0v) is 16.5. The summed E-state index contributed by atoms with van der Waals surface area (Å²) in [6, 6.07) is 0. The van der Waals surface area contributed by atoms with Crippen molar-refractivity contribution in [3.05, 3.63) is 47.1 Å². The Balaban J connectivity index is 4.52. The van der Waals surface area contributed by atoms with Crippen LogP contribution in [0.25, 0.3) is 0 Å². The molecule has 0 spiro atoms. The van der Waals surface area contributed by atoms with Gasteiger partial charge in [0.25, 0.3) is 0 Å². The van der Waals surface area contributed by atoms with Crippen LogP contribution in [0, 0.1) is 0 Å². The molecule has 0 N–H and O–H groups in total. The van der Waals surface area contributed by atoms with Crippen LogP contribution in [0.3, 0.4) is 0 Å². The first kappa shape index (κ1) is 22.1. The lowest BCUT2D eigenvalue weighted by Gasteiger charge is -2.15. The van der Waals surface area contributed by atoms with E-state index >= 15 is 0 Å². The molecular formula is C19H33O3P. The van der Waals surface area contributed by atoms with Crippen molar-refractivity contribution in [3.63, 3.8) is 0 Å². The Bertz CT molecular complexity index is 485. The van der Waals surface area contributed by atoms with Crippen LogP contribution >= 0.6 is 7.60 Å². The van der Waals surface area contributed by atoms with E-state index in [1.165, 1.54) is 11.1 Å². The van der Waals surface area contributed by atoms with Gasteiger partial charge in [0.1, 0.15) is 0 Å². The summed E-state index contributed by atoms with van der Waals surface area (Å²) in [5.74, 6) is 0. The monoisotopic (exact) mass is 340 g/mol. The Hall–Kier alpha value is -0.890. The Labute approximate surface area is 142 Å². The molecule has 0 aromatic carbocycles. The molecule has 0 aromatic heterocycles. The lowest BCUT2D eigenvalue weighted by molar-refractivity contribution is 0.222. The van der Waals surface area contributed by atoms with Crippen molar-refractivity contribution in [2.24, 2.45) is 0 Å². The molecule has 0 aliphatic rings. The second-order valence-corrected chi connectivity index (χ2v) is 7.87. The quantitative estimate of drug-likeness (QED) is 0.246. The molecule has 0 aromatic rings. The minimum Gasteiger partial charge on any atom is -0.309 e. The van der Waals surface area contributed by atoms with Gasteiger partial charge in [0, 0.05) is 0 Å². The van der Waals surface area contributed by atoms with E-state index in [-0.39, 0.29) is 0 Å². The highest BCUT2D eigenvalue weighted by atomic mass is 31.2. The van der Waals surface area contributed by atoms with Crippen LogP contribution in [0.2, 0.25) is 0 Å². The second kappa shape index (κ2) is 12.5. The molecule has 0 heterocycles. The average Bonchev–Trinajstić information content (AvgIpc) is 2.45. The maximum Gasteiger partial charge on any atom is 0.334 e. The van der Waals surface area contributed by atoms with Crippen molar-refractivity contribution in [1.82, 2.24) is 0 Å². The Kier molecular flexibility index (Phi) is 12.0. The van der Waals surface area contributed by atoms with Crippen LogP contribution in [-0.2, 0) is 13.6 Å². The molecule has 0 unspecified atom stereocenters. The van der Waals surface area contributed by atoms with E-state index in [0.717, 1.165) is 18.4 Å². The third-order valence-electron chi connectivity index (χ3n) is 3.12. The van der Waals surface area contributed by atoms with Crippen molar-refractivity contribution in [2.45, 2.75) is 54.4 Å². The minimum absolute atomic E-state index is 0.314. The molecule has 0 amide bonds. The molecule has 0 aliphatic heterocycles. The highest BCUT2D eigenvalue weighted by molar-refractivity contribution is 7.54. The van der Waals surface area contributed by atoms with Gasteiger partial charge in [-0.25, -0.2) is 0 Å². The zero-order valence-electron chi connectivity index (χ0n) is 15.6. The fourth-order valence-electron chi connectivity index (χ4n) is 1.90. The molecular weight excluding hydrogens is 307 g/mol. The van der Waals surface area contributed by atoms with Gasteiger partial charge in [0.05, 0.1) is 19.4 Å². The first-order valence-electron chi connectivity index (χ1n) is 8.35. The highest BCUT2D eigenvalue weighted by Gasteiger charge is 2.21. The van der Waals surface area contributed by atoms with Crippen LogP contribution in [0.5, 0.6) is 0 Å². The maximum absolute atomic E-state index is 12.3. The van der Waals surface area contributed by atoms with Crippen LogP contribution in [0.15, 0.2) is 47.1 Å². The molecule has 23 heavy (non-hydrogen) atoms. The molecule has 0 rings (SSSR count). The molecule has 0 atom stereocenters. The fourth-order valence-corrected chi connectivity index (χ4v) is 3.48. The zero-order chi connectivity index (χ0) is 17.7. The molecule has 0 fully saturated rings. The normalized spacial score (nSPS) is 13.7. The van der Waals surface area contributed by atoms with Gasteiger partial charge >= 0.3 is 7.60 Å². The topological polar surface area (TPSA) is 35.5 Å². The van der Waals surface area contributed by atoms with Gasteiger partial charge in [-0.3, -0.25) is 4.57 Å². The lowest BCUT2D eigenvalue weighted by Crippen LogP contribution is -1.98. The smallest absolute Gasteiger partial charge is 0.309 e. The number of hydrogen-bond acceptors (Lipinski definition) is 3. The van der Waals surface area contributed by atoms with Gasteiger partial charge in [-0.1, -0.05) is 47.1 Å². The van der Waals surface area contributed by atoms with E-state index in [1.54, 1.807) is 0 Å². The number of allylic oxidation sites excluding steroid dienone is 8. The van der Waals surface area contributed by atoms with Crippen molar-refractivity contribution in [3.8, 4) is 0 Å². The third-order valence-corrected chi connectivity index (χ3v) is 5.05. The first-order chi connectivity index (χ1) is 10.8. The molecule has 0 bridgehead atoms. The van der Waals surface area contributed by atoms with Crippen molar-refractivity contribution >= 4 is 7.60 Å². The predicted molar refractivity (Wildman–Crippen MR) is 101 cm³/mol. The van der Waals surface area contributed by atoms with E-state index in [4.69, 9.17) is 9.05 Å². The molecule has 3 nitrogen and oxygen atoms in total. The standard InChI is InChI=1S/C19H33O3P/c1-7-21-23(20,22-8-2)16-15-19(6)14-10-13-18(5)12-9-11-17(3)4/h10-11,13-15H,7-9,12,16H2,1-6H3/b14-10+,18-13+,19-15+. The lowest BCUT2D eigenvalue weighted by atomic mass is 10.1. The summed E-state index contributed by atoms with van der Waals surface area (Å²) in [5, 5.41) is 0. The van der Waals surface area contributed by atoms with Crippen LogP contribution in [0.1, 0.15) is 54.4 Å². The average molecular weight is 340 g/mol. The van der Waals surface area contributed by atoms with E-state index in [1.807, 2.05) is 39.0 Å². The summed E-state index contributed by atoms with van der Waals surface area (Å²) in [5.41, 5.74) is 3.76. The number of rotatable bonds is 11. The van der Waals surface area contributed by atoms with E-state index < -0.39 is 7.60 Å². The summed E-state index contributed by atoms with van der Waals surface area (Å²) in [6.45, 7) is 12.8. The summed E-state index contributed by atoms with van der Waals surface area (Å²) >= 11 is 0. The van der Waals surface area contributed by atoms with Crippen LogP contribution < -0.4 is 0 Å². The van der Waals surface area contributed by atoms with Crippen LogP contribution in [0.4, 0.5) is 0 Å². The van der Waals surface area contributed by atoms with Gasteiger partial charge in [-0.05, 0) is 54.4 Å². The molecule has 4 heteroatoms. The molecule has 0 aliphatic carbocycles. The SMILES string of the molecule is CCOP(=O)(C/C=C(C)/C=C/C=C(\C)CCC=C(C)C)OCC. The summed E-state index contributed by atoms with van der Waals surface area (Å²) in [6.07, 6.45) is 12.8. The van der Waals surface area contributed by atoms with Gasteiger partial charge < -0.3 is 9.05 Å². The maximum atomic E-state index is 12.3. The summed E-state index contributed by atoms with van der Waals surface area (Å²) in [7, 11) is -2.98. The molecule has 0 radical (unpaired) electrons. The first-order valence-corrected chi connectivity index (χ1v) is 10.1. The molecule has 132 valence electrons. The molecule has 0 saturated carbocycles. The van der Waals surface area contributed by atoms with Gasteiger partial charge in [0.2, 0.25) is 0 Å². The summed E-state index contributed by atoms with van der Waals surface area (Å²) in [4.78, 5) is 0. The fraction of sp³-hybridized carbons (Fsp3) is 0.579. The van der Waals surface area contributed by atoms with E-state index in [2.05, 4.69) is 32.9 Å². The van der Waals surface area contributed by atoms with Gasteiger partial charge in [0.15, 0.2) is 0 Å². The minimum atomic E-state index is -2.98. The van der Waals surface area contributed by atoms with Gasteiger partial charge in [-0.2, -0.15) is 0 Å². The number of hydrogen-bond donors (Lipinski definition) is 0. The largest absolute Gasteiger partial charge is 0.334 e. The Morgan fingerprint density at radius 1 is 1.00 bits per heavy atom. The Morgan fingerprint density at radius 2 is 1.61 bits per heavy atom. The van der Waals surface area contributed by atoms with Crippen molar-refractivity contribution < 1.29 is 13.6 Å². The van der Waals surface area contributed by atoms with E-state index in [0.29, 0.717) is 19.4 Å². The van der Waals surface area contributed by atoms with E-state index in [9.17, 15) is 4.57 Å². The second-order valence-electron chi connectivity index (χ2n) is 5.77. The molecule has 0 saturated heterocycles. The Morgan fingerprint density at radius 3 is 2.13 bits per heavy atom. The predicted octanol–water partition coefficient (Wildman–Crippen LogP) is 6.45. The highest BCUT2D eigenvalue weighted by Crippen LogP contribution is 2.48. The summed E-state index contributed by atoms with van der Waals surface area (Å²) < 4.78 is 22.9. The van der Waals surface area contributed by atoms with Crippen molar-refractivity contribution in [2.75, 3.05) is 19.4 Å².